The topological polar surface area (TPSA) is 53.6 Å². The maximum absolute atomic E-state index is 4.41. The summed E-state index contributed by atoms with van der Waals surface area (Å²) in [6, 6.07) is 6.27. The molecule has 1 saturated heterocycles. The van der Waals surface area contributed by atoms with Crippen molar-refractivity contribution in [3.05, 3.63) is 47.5 Å². The smallest absolute Gasteiger partial charge is 0.0669 e. The Kier molecular flexibility index (Phi) is 9.62. The van der Waals surface area contributed by atoms with Crippen molar-refractivity contribution in [2.24, 2.45) is 0 Å². The number of aromatic amines is 1. The molecule has 3 heterocycles. The fraction of sp³-hybridized carbons (Fsp3) is 0.429. The molecular formula is C14H21Cl3N4. The Morgan fingerprint density at radius 2 is 1.90 bits per heavy atom. The predicted molar refractivity (Wildman–Crippen MR) is 92.2 cm³/mol. The molecule has 1 aliphatic rings. The second-order valence-electron chi connectivity index (χ2n) is 4.88. The van der Waals surface area contributed by atoms with Crippen molar-refractivity contribution >= 4 is 37.2 Å². The fourth-order valence-electron chi connectivity index (χ4n) is 2.52. The van der Waals surface area contributed by atoms with Crippen molar-refractivity contribution in [3.8, 4) is 0 Å². The van der Waals surface area contributed by atoms with Gasteiger partial charge in [-0.25, -0.2) is 0 Å². The normalized spacial score (nSPS) is 14.5. The van der Waals surface area contributed by atoms with Crippen LogP contribution in [-0.4, -0.2) is 28.3 Å². The quantitative estimate of drug-likeness (QED) is 0.893. The number of nitrogens with zero attached hydrogens (tertiary/aromatic N) is 2. The van der Waals surface area contributed by atoms with Gasteiger partial charge in [0.1, 0.15) is 0 Å². The van der Waals surface area contributed by atoms with Crippen molar-refractivity contribution in [3.63, 3.8) is 0 Å². The molecule has 1 fully saturated rings. The Bertz CT molecular complexity index is 498. The summed E-state index contributed by atoms with van der Waals surface area (Å²) in [5.41, 5.74) is 3.60. The van der Waals surface area contributed by atoms with Gasteiger partial charge in [-0.05, 0) is 43.6 Å². The van der Waals surface area contributed by atoms with E-state index in [4.69, 9.17) is 0 Å². The number of nitrogens with one attached hydrogen (secondary N) is 2. The highest BCUT2D eigenvalue weighted by Gasteiger charge is 2.17. The van der Waals surface area contributed by atoms with E-state index in [2.05, 4.69) is 32.6 Å². The molecule has 0 atom stereocenters. The average Bonchev–Trinajstić information content (AvgIpc) is 2.89. The number of halogens is 3. The zero-order valence-corrected chi connectivity index (χ0v) is 14.1. The van der Waals surface area contributed by atoms with Crippen LogP contribution >= 0.6 is 37.2 Å². The van der Waals surface area contributed by atoms with Crippen molar-refractivity contribution in [2.45, 2.75) is 25.2 Å². The van der Waals surface area contributed by atoms with E-state index in [1.807, 2.05) is 12.3 Å². The largest absolute Gasteiger partial charge is 0.317 e. The van der Waals surface area contributed by atoms with Crippen LogP contribution < -0.4 is 5.32 Å². The molecule has 4 nitrogen and oxygen atoms in total. The van der Waals surface area contributed by atoms with Crippen molar-refractivity contribution < 1.29 is 0 Å². The van der Waals surface area contributed by atoms with Gasteiger partial charge in [-0.3, -0.25) is 10.1 Å². The van der Waals surface area contributed by atoms with Gasteiger partial charge in [-0.1, -0.05) is 6.07 Å². The molecule has 0 unspecified atom stereocenters. The predicted octanol–water partition coefficient (Wildman–Crippen LogP) is 3.13. The highest BCUT2D eigenvalue weighted by molar-refractivity contribution is 5.86. The maximum atomic E-state index is 4.41. The van der Waals surface area contributed by atoms with E-state index >= 15 is 0 Å². The number of pyridine rings is 1. The Balaban J connectivity index is 0.00000133. The second-order valence-corrected chi connectivity index (χ2v) is 4.88. The third kappa shape index (κ3) is 5.47. The van der Waals surface area contributed by atoms with Crippen LogP contribution in [0, 0.1) is 0 Å². The summed E-state index contributed by atoms with van der Waals surface area (Å²) in [6.07, 6.45) is 6.96. The van der Waals surface area contributed by atoms with E-state index in [1.165, 1.54) is 24.1 Å². The molecule has 0 saturated carbocycles. The molecule has 0 radical (unpaired) electrons. The highest BCUT2D eigenvalue weighted by atomic mass is 35.5. The van der Waals surface area contributed by atoms with E-state index in [-0.39, 0.29) is 37.2 Å². The van der Waals surface area contributed by atoms with E-state index in [9.17, 15) is 0 Å². The highest BCUT2D eigenvalue weighted by Crippen LogP contribution is 2.24. The molecule has 1 aliphatic heterocycles. The van der Waals surface area contributed by atoms with Gasteiger partial charge >= 0.3 is 0 Å². The standard InChI is InChI=1S/C14H18N4.3ClH/c1-2-11(10-16-5-1)8-13-9-14(18-17-13)12-3-6-15-7-4-12;;;/h1-2,5,9-10,12,15H,3-4,6-8H2,(H,17,18);3*1H. The van der Waals surface area contributed by atoms with Crippen LogP contribution in [0.2, 0.25) is 0 Å². The number of hydrogen-bond acceptors (Lipinski definition) is 3. The lowest BCUT2D eigenvalue weighted by Crippen LogP contribution is -2.26. The monoisotopic (exact) mass is 350 g/mol. The molecule has 0 spiro atoms. The molecule has 0 aliphatic carbocycles. The van der Waals surface area contributed by atoms with E-state index in [0.29, 0.717) is 5.92 Å². The minimum Gasteiger partial charge on any atom is -0.317 e. The van der Waals surface area contributed by atoms with Crippen LogP contribution in [0.15, 0.2) is 30.6 Å². The van der Waals surface area contributed by atoms with Crippen LogP contribution in [0.4, 0.5) is 0 Å². The summed E-state index contributed by atoms with van der Waals surface area (Å²) in [6.45, 7) is 2.23. The lowest BCUT2D eigenvalue weighted by molar-refractivity contribution is 0.453. The molecule has 21 heavy (non-hydrogen) atoms. The molecule has 0 amide bonds. The molecule has 0 bridgehead atoms. The van der Waals surface area contributed by atoms with Crippen LogP contribution in [-0.2, 0) is 6.42 Å². The van der Waals surface area contributed by atoms with Crippen molar-refractivity contribution in [1.29, 1.82) is 0 Å². The van der Waals surface area contributed by atoms with Gasteiger partial charge < -0.3 is 5.32 Å². The molecule has 2 aromatic heterocycles. The number of H-pyrrole nitrogens is 1. The first-order valence-electron chi connectivity index (χ1n) is 6.55. The molecule has 2 N–H and O–H groups in total. The summed E-state index contributed by atoms with van der Waals surface area (Å²) in [7, 11) is 0. The van der Waals surface area contributed by atoms with E-state index in [0.717, 1.165) is 25.2 Å². The zero-order valence-electron chi connectivity index (χ0n) is 11.6. The van der Waals surface area contributed by atoms with Gasteiger partial charge in [-0.2, -0.15) is 5.10 Å². The van der Waals surface area contributed by atoms with Gasteiger partial charge in [0, 0.05) is 30.4 Å². The minimum absolute atomic E-state index is 0. The molecule has 3 rings (SSSR count). The minimum atomic E-state index is 0. The first-order valence-corrected chi connectivity index (χ1v) is 6.55. The van der Waals surface area contributed by atoms with E-state index in [1.54, 1.807) is 6.20 Å². The number of piperidine rings is 1. The van der Waals surface area contributed by atoms with Crippen molar-refractivity contribution in [1.82, 2.24) is 20.5 Å². The Labute approximate surface area is 143 Å². The Morgan fingerprint density at radius 3 is 2.57 bits per heavy atom. The Morgan fingerprint density at radius 1 is 1.14 bits per heavy atom. The second kappa shape index (κ2) is 10.0. The molecule has 7 heteroatoms. The number of hydrogen-bond donors (Lipinski definition) is 2. The Hall–Kier alpha value is -0.810. The van der Waals surface area contributed by atoms with Gasteiger partial charge in [0.25, 0.3) is 0 Å². The fourth-order valence-corrected chi connectivity index (χ4v) is 2.52. The van der Waals surface area contributed by atoms with E-state index < -0.39 is 0 Å². The SMILES string of the molecule is Cl.Cl.Cl.c1cncc(Cc2cc(C3CCNCC3)[nH]n2)c1. The summed E-state index contributed by atoms with van der Waals surface area (Å²) in [4.78, 5) is 4.13. The summed E-state index contributed by atoms with van der Waals surface area (Å²) >= 11 is 0. The van der Waals surface area contributed by atoms with Gasteiger partial charge in [0.15, 0.2) is 0 Å². The lowest BCUT2D eigenvalue weighted by atomic mass is 9.94. The third-order valence-corrected chi connectivity index (χ3v) is 3.54. The van der Waals surface area contributed by atoms with Crippen LogP contribution in [0.1, 0.15) is 35.7 Å². The molecular weight excluding hydrogens is 331 g/mol. The van der Waals surface area contributed by atoms with Crippen LogP contribution in [0.25, 0.3) is 0 Å². The lowest BCUT2D eigenvalue weighted by Gasteiger charge is -2.20. The first-order chi connectivity index (χ1) is 8.92. The van der Waals surface area contributed by atoms with Crippen LogP contribution in [0.3, 0.4) is 0 Å². The summed E-state index contributed by atoms with van der Waals surface area (Å²) < 4.78 is 0. The summed E-state index contributed by atoms with van der Waals surface area (Å²) in [5.74, 6) is 0.640. The maximum Gasteiger partial charge on any atom is 0.0669 e. The molecule has 0 aromatic carbocycles. The zero-order chi connectivity index (χ0) is 12.2. The summed E-state index contributed by atoms with van der Waals surface area (Å²) in [5, 5.41) is 11.0. The average molecular weight is 352 g/mol. The van der Waals surface area contributed by atoms with Gasteiger partial charge in [0.05, 0.1) is 5.69 Å². The number of rotatable bonds is 3. The van der Waals surface area contributed by atoms with Crippen molar-refractivity contribution in [2.75, 3.05) is 13.1 Å². The first kappa shape index (κ1) is 20.2. The van der Waals surface area contributed by atoms with Crippen LogP contribution in [0.5, 0.6) is 0 Å². The number of aromatic nitrogens is 3. The third-order valence-electron chi connectivity index (χ3n) is 3.54. The van der Waals surface area contributed by atoms with Gasteiger partial charge in [0.2, 0.25) is 0 Å². The van der Waals surface area contributed by atoms with Gasteiger partial charge in [-0.15, -0.1) is 37.2 Å². The molecule has 118 valence electrons. The molecule has 2 aromatic rings.